The number of benzene rings is 2. The average molecular weight is 436 g/mol. The predicted octanol–water partition coefficient (Wildman–Crippen LogP) is 3.56. The van der Waals surface area contributed by atoms with E-state index in [0.717, 1.165) is 16.8 Å². The second kappa shape index (κ2) is 9.47. The van der Waals surface area contributed by atoms with Gasteiger partial charge in [-0.2, -0.15) is 5.10 Å². The van der Waals surface area contributed by atoms with E-state index in [2.05, 4.69) is 25.8 Å². The fourth-order valence-corrected chi connectivity index (χ4v) is 4.14. The third kappa shape index (κ3) is 5.19. The van der Waals surface area contributed by atoms with E-state index in [1.54, 1.807) is 5.38 Å². The van der Waals surface area contributed by atoms with E-state index in [4.69, 9.17) is 0 Å². The molecule has 0 aliphatic carbocycles. The lowest BCUT2D eigenvalue weighted by Crippen LogP contribution is -2.30. The number of thiazole rings is 1. The number of carbonyl (C=O) groups is 2. The number of thioether (sulfide) groups is 1. The summed E-state index contributed by atoms with van der Waals surface area (Å²) < 4.78 is 0. The van der Waals surface area contributed by atoms with Crippen molar-refractivity contribution in [3.05, 3.63) is 82.9 Å². The molecule has 0 fully saturated rings. The first-order valence-electron chi connectivity index (χ1n) is 9.11. The minimum Gasteiger partial charge on any atom is -0.302 e. The van der Waals surface area contributed by atoms with E-state index < -0.39 is 0 Å². The molecule has 1 aromatic heterocycles. The highest BCUT2D eigenvalue weighted by Gasteiger charge is 2.18. The Labute approximate surface area is 181 Å². The van der Waals surface area contributed by atoms with Crippen LogP contribution in [-0.4, -0.2) is 33.4 Å². The molecule has 0 saturated heterocycles. The number of carbonyl (C=O) groups excluding carboxylic acids is 2. The van der Waals surface area contributed by atoms with Crippen molar-refractivity contribution >= 4 is 50.9 Å². The molecule has 30 heavy (non-hydrogen) atoms. The molecule has 4 rings (SSSR count). The fourth-order valence-electron chi connectivity index (χ4n) is 2.67. The maximum Gasteiger partial charge on any atom is 0.276 e. The quantitative estimate of drug-likeness (QED) is 0.641. The van der Waals surface area contributed by atoms with Gasteiger partial charge in [-0.3, -0.25) is 14.9 Å². The Morgan fingerprint density at radius 2 is 1.67 bits per heavy atom. The summed E-state index contributed by atoms with van der Waals surface area (Å²) in [5, 5.41) is 16.1. The average Bonchev–Trinajstić information content (AvgIpc) is 3.24. The van der Waals surface area contributed by atoms with Crippen LogP contribution in [0.5, 0.6) is 0 Å². The van der Waals surface area contributed by atoms with Gasteiger partial charge in [-0.25, -0.2) is 4.98 Å². The smallest absolute Gasteiger partial charge is 0.276 e. The molecule has 0 unspecified atom stereocenters. The molecule has 2 N–H and O–H groups in total. The minimum absolute atomic E-state index is 0.183. The van der Waals surface area contributed by atoms with Crippen LogP contribution in [0.25, 0.3) is 0 Å². The SMILES string of the molecule is O=C(Cc1ccccc1)Nc1nc(C(=O)NC2=NN=C(c3ccccc3)CS2)cs1. The lowest BCUT2D eigenvalue weighted by Gasteiger charge is -2.12. The van der Waals surface area contributed by atoms with Crippen LogP contribution in [0.4, 0.5) is 5.13 Å². The molecular formula is C21H17N5O2S2. The second-order valence-corrected chi connectivity index (χ2v) is 8.13. The van der Waals surface area contributed by atoms with Crippen molar-refractivity contribution in [1.29, 1.82) is 0 Å². The van der Waals surface area contributed by atoms with E-state index >= 15 is 0 Å². The third-order valence-electron chi connectivity index (χ3n) is 4.13. The molecule has 2 heterocycles. The van der Waals surface area contributed by atoms with Gasteiger partial charge in [0.05, 0.1) is 12.1 Å². The van der Waals surface area contributed by atoms with E-state index in [1.165, 1.54) is 23.1 Å². The highest BCUT2D eigenvalue weighted by atomic mass is 32.2. The zero-order chi connectivity index (χ0) is 20.8. The normalized spacial score (nSPS) is 13.2. The first-order valence-corrected chi connectivity index (χ1v) is 11.0. The number of nitrogens with zero attached hydrogens (tertiary/aromatic N) is 3. The Morgan fingerprint density at radius 3 is 2.37 bits per heavy atom. The Hall–Kier alpha value is -3.30. The van der Waals surface area contributed by atoms with E-state index in [1.807, 2.05) is 60.7 Å². The number of aromatic nitrogens is 1. The second-order valence-electron chi connectivity index (χ2n) is 6.31. The Kier molecular flexibility index (Phi) is 6.31. The number of hydrogen-bond donors (Lipinski definition) is 2. The van der Waals surface area contributed by atoms with Crippen molar-refractivity contribution in [2.45, 2.75) is 6.42 Å². The van der Waals surface area contributed by atoms with Crippen LogP contribution in [0.15, 0.2) is 76.2 Å². The van der Waals surface area contributed by atoms with Crippen LogP contribution >= 0.6 is 23.1 Å². The Morgan fingerprint density at radius 1 is 0.933 bits per heavy atom. The van der Waals surface area contributed by atoms with Crippen LogP contribution in [0.3, 0.4) is 0 Å². The molecule has 1 aliphatic rings. The van der Waals surface area contributed by atoms with Crippen LogP contribution in [0.1, 0.15) is 21.6 Å². The van der Waals surface area contributed by atoms with Crippen LogP contribution < -0.4 is 10.6 Å². The van der Waals surface area contributed by atoms with Crippen LogP contribution in [0.2, 0.25) is 0 Å². The number of anilines is 1. The number of amidine groups is 1. The number of hydrogen-bond acceptors (Lipinski definition) is 7. The highest BCUT2D eigenvalue weighted by molar-refractivity contribution is 8.14. The largest absolute Gasteiger partial charge is 0.302 e. The standard InChI is InChI=1S/C21H17N5O2S2/c27-18(11-14-7-3-1-4-8-14)23-20-22-17(13-29-20)19(28)24-21-26-25-16(12-30-21)15-9-5-2-6-10-15/h1-10,13H,11-12H2,(H,22,23,27)(H,24,26,28). The monoisotopic (exact) mass is 435 g/mol. The van der Waals surface area contributed by atoms with E-state index in [-0.39, 0.29) is 23.9 Å². The van der Waals surface area contributed by atoms with Gasteiger partial charge in [-0.05, 0) is 11.1 Å². The molecule has 9 heteroatoms. The molecular weight excluding hydrogens is 418 g/mol. The molecule has 7 nitrogen and oxygen atoms in total. The number of rotatable bonds is 5. The molecule has 0 radical (unpaired) electrons. The van der Waals surface area contributed by atoms with Gasteiger partial charge >= 0.3 is 0 Å². The fraction of sp³-hybridized carbons (Fsp3) is 0.0952. The molecule has 0 spiro atoms. The molecule has 0 bridgehead atoms. The summed E-state index contributed by atoms with van der Waals surface area (Å²) in [5.74, 6) is 0.0398. The van der Waals surface area contributed by atoms with E-state index in [0.29, 0.717) is 16.1 Å². The Bertz CT molecular complexity index is 1110. The lowest BCUT2D eigenvalue weighted by atomic mass is 10.1. The number of amides is 2. The van der Waals surface area contributed by atoms with Crippen molar-refractivity contribution in [2.24, 2.45) is 10.2 Å². The summed E-state index contributed by atoms with van der Waals surface area (Å²) in [5.41, 5.74) is 2.99. The highest BCUT2D eigenvalue weighted by Crippen LogP contribution is 2.18. The van der Waals surface area contributed by atoms with E-state index in [9.17, 15) is 9.59 Å². The molecule has 2 amide bonds. The topological polar surface area (TPSA) is 95.8 Å². The molecule has 0 atom stereocenters. The van der Waals surface area contributed by atoms with Gasteiger partial charge in [-0.15, -0.1) is 16.4 Å². The lowest BCUT2D eigenvalue weighted by molar-refractivity contribution is -0.115. The first kappa shape index (κ1) is 20.0. The van der Waals surface area contributed by atoms with Gasteiger partial charge in [0.2, 0.25) is 5.91 Å². The van der Waals surface area contributed by atoms with Gasteiger partial charge in [0.1, 0.15) is 5.69 Å². The minimum atomic E-state index is -0.389. The summed E-state index contributed by atoms with van der Waals surface area (Å²) in [6, 6.07) is 19.2. The number of nitrogens with one attached hydrogen (secondary N) is 2. The summed E-state index contributed by atoms with van der Waals surface area (Å²) >= 11 is 2.60. The van der Waals surface area contributed by atoms with Crippen molar-refractivity contribution in [2.75, 3.05) is 11.1 Å². The molecule has 150 valence electrons. The van der Waals surface area contributed by atoms with Gasteiger partial charge in [0.15, 0.2) is 10.3 Å². The maximum absolute atomic E-state index is 12.4. The van der Waals surface area contributed by atoms with Crippen molar-refractivity contribution in [3.8, 4) is 0 Å². The maximum atomic E-state index is 12.4. The summed E-state index contributed by atoms with van der Waals surface area (Å²) in [7, 11) is 0. The zero-order valence-electron chi connectivity index (χ0n) is 15.7. The summed E-state index contributed by atoms with van der Waals surface area (Å²) in [6.07, 6.45) is 0.247. The Balaban J connectivity index is 1.34. The van der Waals surface area contributed by atoms with Gasteiger partial charge in [0, 0.05) is 11.1 Å². The van der Waals surface area contributed by atoms with Crippen molar-refractivity contribution < 1.29 is 9.59 Å². The summed E-state index contributed by atoms with van der Waals surface area (Å²) in [6.45, 7) is 0. The summed E-state index contributed by atoms with van der Waals surface area (Å²) in [4.78, 5) is 28.8. The molecule has 3 aromatic rings. The van der Waals surface area contributed by atoms with Crippen molar-refractivity contribution in [3.63, 3.8) is 0 Å². The van der Waals surface area contributed by atoms with Gasteiger partial charge in [0.25, 0.3) is 5.91 Å². The predicted molar refractivity (Wildman–Crippen MR) is 121 cm³/mol. The third-order valence-corrected chi connectivity index (χ3v) is 5.76. The zero-order valence-corrected chi connectivity index (χ0v) is 17.4. The van der Waals surface area contributed by atoms with Crippen LogP contribution in [0, 0.1) is 0 Å². The molecule has 0 saturated carbocycles. The van der Waals surface area contributed by atoms with Crippen LogP contribution in [-0.2, 0) is 11.2 Å². The van der Waals surface area contributed by atoms with Gasteiger partial charge in [-0.1, -0.05) is 72.4 Å². The first-order chi connectivity index (χ1) is 14.7. The van der Waals surface area contributed by atoms with Crippen molar-refractivity contribution in [1.82, 2.24) is 10.3 Å². The molecule has 2 aromatic carbocycles. The van der Waals surface area contributed by atoms with Gasteiger partial charge < -0.3 is 5.32 Å². The molecule has 1 aliphatic heterocycles.